The van der Waals surface area contributed by atoms with E-state index in [-0.39, 0.29) is 11.0 Å². The van der Waals surface area contributed by atoms with Gasteiger partial charge in [-0.15, -0.1) is 11.3 Å². The predicted molar refractivity (Wildman–Crippen MR) is 107 cm³/mol. The number of H-pyrrole nitrogens is 1. The van der Waals surface area contributed by atoms with Crippen molar-refractivity contribution < 1.29 is 9.15 Å². The Kier molecular flexibility index (Phi) is 3.84. The molecular formula is C20H16N2O4S. The Bertz CT molecular complexity index is 1260. The fraction of sp³-hybridized carbons (Fsp3) is 0.200. The van der Waals surface area contributed by atoms with Crippen molar-refractivity contribution in [2.75, 3.05) is 31.2 Å². The molecule has 1 fully saturated rings. The second-order valence-electron chi connectivity index (χ2n) is 6.46. The quantitative estimate of drug-likeness (QED) is 0.578. The molecule has 4 heterocycles. The molecule has 0 spiro atoms. The van der Waals surface area contributed by atoms with E-state index in [2.05, 4.69) is 4.98 Å². The van der Waals surface area contributed by atoms with Gasteiger partial charge in [-0.2, -0.15) is 0 Å². The van der Waals surface area contributed by atoms with Crippen molar-refractivity contribution in [2.45, 2.75) is 0 Å². The van der Waals surface area contributed by atoms with E-state index in [9.17, 15) is 9.59 Å². The molecule has 3 aromatic heterocycles. The summed E-state index contributed by atoms with van der Waals surface area (Å²) in [6, 6.07) is 9.07. The van der Waals surface area contributed by atoms with E-state index in [1.54, 1.807) is 18.3 Å². The first-order chi connectivity index (χ1) is 13.2. The lowest BCUT2D eigenvalue weighted by atomic mass is 10.0. The second-order valence-corrected chi connectivity index (χ2v) is 7.34. The standard InChI is InChI=1S/C20H16N2O4S/c23-16-10-17(22-5-7-25-8-6-22)26-18-15(11-27-19(16)18)12-1-2-14-13(9-12)3-4-21-20(14)24/h1-4,9-11H,5-8H2,(H,21,24). The normalized spacial score (nSPS) is 14.9. The molecule has 5 rings (SSSR count). The maximum absolute atomic E-state index is 12.6. The molecule has 0 bridgehead atoms. The van der Waals surface area contributed by atoms with Gasteiger partial charge in [-0.25, -0.2) is 0 Å². The highest BCUT2D eigenvalue weighted by atomic mass is 32.1. The van der Waals surface area contributed by atoms with E-state index in [1.807, 2.05) is 28.5 Å². The van der Waals surface area contributed by atoms with Crippen LogP contribution >= 0.6 is 11.3 Å². The zero-order valence-corrected chi connectivity index (χ0v) is 15.2. The summed E-state index contributed by atoms with van der Waals surface area (Å²) in [4.78, 5) is 29.2. The monoisotopic (exact) mass is 380 g/mol. The molecule has 0 aliphatic carbocycles. The summed E-state index contributed by atoms with van der Waals surface area (Å²) >= 11 is 1.38. The van der Waals surface area contributed by atoms with E-state index < -0.39 is 0 Å². The lowest BCUT2D eigenvalue weighted by Gasteiger charge is -2.27. The van der Waals surface area contributed by atoms with Crippen molar-refractivity contribution in [3.63, 3.8) is 0 Å². The largest absolute Gasteiger partial charge is 0.439 e. The number of benzene rings is 1. The first-order valence-corrected chi connectivity index (χ1v) is 9.58. The van der Waals surface area contributed by atoms with Crippen LogP contribution in [0, 0.1) is 0 Å². The molecule has 0 radical (unpaired) electrons. The Balaban J connectivity index is 1.68. The molecule has 27 heavy (non-hydrogen) atoms. The van der Waals surface area contributed by atoms with E-state index in [0.717, 1.165) is 16.5 Å². The highest BCUT2D eigenvalue weighted by molar-refractivity contribution is 7.17. The average Bonchev–Trinajstić information content (AvgIpc) is 3.13. The molecule has 1 aliphatic rings. The van der Waals surface area contributed by atoms with Crippen molar-refractivity contribution in [3.8, 4) is 11.1 Å². The number of aromatic nitrogens is 1. The Labute approximate surface area is 157 Å². The maximum Gasteiger partial charge on any atom is 0.255 e. The van der Waals surface area contributed by atoms with Crippen LogP contribution in [0.25, 0.3) is 32.2 Å². The summed E-state index contributed by atoms with van der Waals surface area (Å²) in [5, 5.41) is 3.42. The summed E-state index contributed by atoms with van der Waals surface area (Å²) < 4.78 is 12.1. The SMILES string of the molecule is O=c1[nH]ccc2cc(-c3csc4c(=O)cc(N5CCOCC5)oc34)ccc12. The Morgan fingerprint density at radius 2 is 1.93 bits per heavy atom. The fourth-order valence-electron chi connectivity index (χ4n) is 3.43. The zero-order chi connectivity index (χ0) is 18.4. The Hall–Kier alpha value is -2.90. The summed E-state index contributed by atoms with van der Waals surface area (Å²) in [6.07, 6.45) is 1.64. The number of ether oxygens (including phenoxy) is 1. The van der Waals surface area contributed by atoms with E-state index >= 15 is 0 Å². The third-order valence-electron chi connectivity index (χ3n) is 4.84. The highest BCUT2D eigenvalue weighted by Crippen LogP contribution is 2.35. The summed E-state index contributed by atoms with van der Waals surface area (Å²) in [5.41, 5.74) is 2.23. The number of nitrogens with zero attached hydrogens (tertiary/aromatic N) is 1. The lowest BCUT2D eigenvalue weighted by Crippen LogP contribution is -2.36. The van der Waals surface area contributed by atoms with Crippen LogP contribution in [0.4, 0.5) is 5.88 Å². The van der Waals surface area contributed by atoms with Gasteiger partial charge >= 0.3 is 0 Å². The molecule has 1 aliphatic heterocycles. The van der Waals surface area contributed by atoms with Crippen LogP contribution < -0.4 is 15.9 Å². The first-order valence-electron chi connectivity index (χ1n) is 8.70. The molecule has 6 nitrogen and oxygen atoms in total. The molecule has 1 N–H and O–H groups in total. The topological polar surface area (TPSA) is 75.5 Å². The number of anilines is 1. The van der Waals surface area contributed by atoms with Crippen LogP contribution in [-0.2, 0) is 4.74 Å². The van der Waals surface area contributed by atoms with Crippen LogP contribution in [0.15, 0.2) is 55.9 Å². The van der Waals surface area contributed by atoms with Gasteiger partial charge in [0.25, 0.3) is 5.56 Å². The maximum atomic E-state index is 12.6. The number of hydrogen-bond acceptors (Lipinski definition) is 6. The van der Waals surface area contributed by atoms with Crippen molar-refractivity contribution in [1.82, 2.24) is 4.98 Å². The van der Waals surface area contributed by atoms with E-state index in [0.29, 0.717) is 47.9 Å². The summed E-state index contributed by atoms with van der Waals surface area (Å²) in [6.45, 7) is 2.65. The van der Waals surface area contributed by atoms with E-state index in [4.69, 9.17) is 9.15 Å². The molecule has 1 saturated heterocycles. The number of fused-ring (bicyclic) bond motifs is 2. The van der Waals surface area contributed by atoms with Crippen molar-refractivity contribution in [2.24, 2.45) is 0 Å². The molecule has 0 atom stereocenters. The molecule has 0 saturated carbocycles. The Morgan fingerprint density at radius 3 is 2.78 bits per heavy atom. The van der Waals surface area contributed by atoms with Crippen molar-refractivity contribution in [3.05, 3.63) is 62.5 Å². The van der Waals surface area contributed by atoms with Gasteiger partial charge in [0.05, 0.1) is 13.2 Å². The number of rotatable bonds is 2. The number of aromatic amines is 1. The summed E-state index contributed by atoms with van der Waals surface area (Å²) in [5.74, 6) is 0.577. The van der Waals surface area contributed by atoms with Gasteiger partial charge < -0.3 is 19.0 Å². The van der Waals surface area contributed by atoms with Crippen LogP contribution in [-0.4, -0.2) is 31.3 Å². The molecule has 1 aromatic carbocycles. The third-order valence-corrected chi connectivity index (χ3v) is 5.81. The van der Waals surface area contributed by atoms with Gasteiger partial charge in [-0.1, -0.05) is 6.07 Å². The highest BCUT2D eigenvalue weighted by Gasteiger charge is 2.18. The number of morpholine rings is 1. The molecule has 7 heteroatoms. The van der Waals surface area contributed by atoms with Gasteiger partial charge in [0.1, 0.15) is 4.70 Å². The van der Waals surface area contributed by atoms with Gasteiger partial charge in [0.2, 0.25) is 5.43 Å². The molecule has 0 unspecified atom stereocenters. The average molecular weight is 380 g/mol. The van der Waals surface area contributed by atoms with Crippen molar-refractivity contribution in [1.29, 1.82) is 0 Å². The van der Waals surface area contributed by atoms with Crippen LogP contribution in [0.1, 0.15) is 0 Å². The lowest BCUT2D eigenvalue weighted by molar-refractivity contribution is 0.121. The number of pyridine rings is 1. The minimum Gasteiger partial charge on any atom is -0.439 e. The minimum atomic E-state index is -0.115. The number of nitrogens with one attached hydrogen (secondary N) is 1. The van der Waals surface area contributed by atoms with Gasteiger partial charge in [-0.3, -0.25) is 9.59 Å². The van der Waals surface area contributed by atoms with Crippen LogP contribution in [0.5, 0.6) is 0 Å². The second kappa shape index (κ2) is 6.37. The predicted octanol–water partition coefficient (Wildman–Crippen LogP) is 3.20. The fourth-order valence-corrected chi connectivity index (χ4v) is 4.34. The zero-order valence-electron chi connectivity index (χ0n) is 14.4. The van der Waals surface area contributed by atoms with E-state index in [1.165, 1.54) is 11.3 Å². The smallest absolute Gasteiger partial charge is 0.255 e. The van der Waals surface area contributed by atoms with Crippen LogP contribution in [0.2, 0.25) is 0 Å². The summed E-state index contributed by atoms with van der Waals surface area (Å²) in [7, 11) is 0. The molecular weight excluding hydrogens is 364 g/mol. The van der Waals surface area contributed by atoms with Crippen molar-refractivity contribution >= 4 is 38.3 Å². The number of thiophene rings is 1. The molecule has 4 aromatic rings. The van der Waals surface area contributed by atoms with Gasteiger partial charge in [0.15, 0.2) is 11.5 Å². The third kappa shape index (κ3) is 2.75. The van der Waals surface area contributed by atoms with Gasteiger partial charge in [0, 0.05) is 41.7 Å². The number of hydrogen-bond donors (Lipinski definition) is 1. The molecule has 0 amide bonds. The Morgan fingerprint density at radius 1 is 1.07 bits per heavy atom. The van der Waals surface area contributed by atoms with Gasteiger partial charge in [-0.05, 0) is 29.1 Å². The minimum absolute atomic E-state index is 0.0359. The first kappa shape index (κ1) is 16.3. The molecule has 136 valence electrons. The van der Waals surface area contributed by atoms with Crippen LogP contribution in [0.3, 0.4) is 0 Å².